The number of hydrogen-bond donors (Lipinski definition) is 1. The molecule has 0 spiro atoms. The van der Waals surface area contributed by atoms with Gasteiger partial charge in [-0.15, -0.1) is 0 Å². The highest BCUT2D eigenvalue weighted by Crippen LogP contribution is 2.26. The Bertz CT molecular complexity index is 369. The molecule has 2 fully saturated rings. The van der Waals surface area contributed by atoms with E-state index < -0.39 is 0 Å². The highest BCUT2D eigenvalue weighted by atomic mass is 16.2. The number of piperazine rings is 1. The van der Waals surface area contributed by atoms with Crippen LogP contribution in [0.4, 0.5) is 4.79 Å². The van der Waals surface area contributed by atoms with E-state index in [1.165, 1.54) is 0 Å². The Morgan fingerprint density at radius 2 is 1.75 bits per heavy atom. The van der Waals surface area contributed by atoms with Crippen LogP contribution in [0.5, 0.6) is 0 Å². The van der Waals surface area contributed by atoms with Crippen molar-refractivity contribution in [2.75, 3.05) is 46.8 Å². The number of nitrogens with zero attached hydrogens (tertiary/aromatic N) is 3. The average molecular weight is 282 g/mol. The van der Waals surface area contributed by atoms with E-state index in [1.807, 2.05) is 9.80 Å². The fourth-order valence-electron chi connectivity index (χ4n) is 3.13. The van der Waals surface area contributed by atoms with Crippen molar-refractivity contribution in [2.45, 2.75) is 31.7 Å². The lowest BCUT2D eigenvalue weighted by Gasteiger charge is -2.40. The van der Waals surface area contributed by atoms with Crippen LogP contribution in [-0.4, -0.2) is 79.0 Å². The fourth-order valence-corrected chi connectivity index (χ4v) is 3.13. The van der Waals surface area contributed by atoms with Crippen molar-refractivity contribution in [2.24, 2.45) is 0 Å². The van der Waals surface area contributed by atoms with Gasteiger partial charge in [0, 0.05) is 40.3 Å². The number of carbonyl (C=O) groups is 2. The number of nitrogens with one attached hydrogen (secondary N) is 1. The topological polar surface area (TPSA) is 55.9 Å². The molecule has 0 aromatic carbocycles. The Morgan fingerprint density at radius 3 is 2.20 bits per heavy atom. The van der Waals surface area contributed by atoms with E-state index in [0.717, 1.165) is 25.8 Å². The van der Waals surface area contributed by atoms with Gasteiger partial charge in [0.15, 0.2) is 0 Å². The van der Waals surface area contributed by atoms with Crippen LogP contribution in [0.15, 0.2) is 0 Å². The van der Waals surface area contributed by atoms with Gasteiger partial charge in [-0.25, -0.2) is 4.79 Å². The summed E-state index contributed by atoms with van der Waals surface area (Å²) < 4.78 is 0. The second kappa shape index (κ2) is 5.99. The van der Waals surface area contributed by atoms with Crippen molar-refractivity contribution in [1.29, 1.82) is 0 Å². The van der Waals surface area contributed by atoms with E-state index in [2.05, 4.69) is 12.2 Å². The standard InChI is InChI=1S/C14H26N4O2/c1-4-14(6-5-7-15-14)12(19)17-8-10-18(11-9-17)13(20)16(2)3/h15H,4-11H2,1-3H3. The van der Waals surface area contributed by atoms with Crippen molar-refractivity contribution < 1.29 is 9.59 Å². The number of carbonyl (C=O) groups excluding carboxylic acids is 2. The van der Waals surface area contributed by atoms with Crippen molar-refractivity contribution in [3.05, 3.63) is 0 Å². The molecule has 6 heteroatoms. The van der Waals surface area contributed by atoms with Gasteiger partial charge in [0.2, 0.25) is 5.91 Å². The molecule has 2 aliphatic rings. The van der Waals surface area contributed by atoms with Crippen molar-refractivity contribution in [3.8, 4) is 0 Å². The summed E-state index contributed by atoms with van der Waals surface area (Å²) in [7, 11) is 3.52. The van der Waals surface area contributed by atoms with Crippen LogP contribution in [0, 0.1) is 0 Å². The molecule has 2 heterocycles. The van der Waals surface area contributed by atoms with Crippen LogP contribution < -0.4 is 5.32 Å². The van der Waals surface area contributed by atoms with Crippen LogP contribution in [0.25, 0.3) is 0 Å². The van der Waals surface area contributed by atoms with E-state index in [-0.39, 0.29) is 17.5 Å². The predicted molar refractivity (Wildman–Crippen MR) is 77.5 cm³/mol. The molecule has 1 N–H and O–H groups in total. The molecule has 0 aliphatic carbocycles. The molecule has 6 nitrogen and oxygen atoms in total. The monoisotopic (exact) mass is 282 g/mol. The predicted octanol–water partition coefficient (Wildman–Crippen LogP) is 0.344. The Labute approximate surface area is 121 Å². The molecular formula is C14H26N4O2. The van der Waals surface area contributed by atoms with Crippen molar-refractivity contribution in [1.82, 2.24) is 20.0 Å². The summed E-state index contributed by atoms with van der Waals surface area (Å²) in [6.45, 7) is 5.54. The molecule has 0 saturated carbocycles. The number of hydrogen-bond acceptors (Lipinski definition) is 3. The van der Waals surface area contributed by atoms with E-state index in [1.54, 1.807) is 19.0 Å². The Balaban J connectivity index is 1.93. The minimum absolute atomic E-state index is 0.0290. The second-order valence-corrected chi connectivity index (χ2v) is 5.92. The molecular weight excluding hydrogens is 256 g/mol. The van der Waals surface area contributed by atoms with Crippen LogP contribution in [0.3, 0.4) is 0 Å². The maximum absolute atomic E-state index is 12.7. The Morgan fingerprint density at radius 1 is 1.15 bits per heavy atom. The van der Waals surface area contributed by atoms with Gasteiger partial charge in [-0.05, 0) is 25.8 Å². The summed E-state index contributed by atoms with van der Waals surface area (Å²) in [6.07, 6.45) is 2.83. The third kappa shape index (κ3) is 2.75. The van der Waals surface area contributed by atoms with E-state index in [4.69, 9.17) is 0 Å². The molecule has 1 atom stereocenters. The summed E-state index contributed by atoms with van der Waals surface area (Å²) >= 11 is 0. The largest absolute Gasteiger partial charge is 0.338 e. The van der Waals surface area contributed by atoms with Gasteiger partial charge in [0.05, 0.1) is 5.54 Å². The summed E-state index contributed by atoms with van der Waals surface area (Å²) in [5.41, 5.74) is -0.353. The lowest BCUT2D eigenvalue weighted by molar-refractivity contribution is -0.139. The first-order chi connectivity index (χ1) is 9.50. The highest BCUT2D eigenvalue weighted by Gasteiger charge is 2.42. The van der Waals surface area contributed by atoms with Crippen LogP contribution in [0.2, 0.25) is 0 Å². The van der Waals surface area contributed by atoms with Crippen molar-refractivity contribution >= 4 is 11.9 Å². The first kappa shape index (κ1) is 15.1. The van der Waals surface area contributed by atoms with E-state index in [9.17, 15) is 9.59 Å². The minimum atomic E-state index is -0.353. The summed E-state index contributed by atoms with van der Waals surface area (Å²) in [6, 6.07) is 0.0290. The number of urea groups is 1. The summed E-state index contributed by atoms with van der Waals surface area (Å²) in [4.78, 5) is 29.9. The smallest absolute Gasteiger partial charge is 0.319 e. The van der Waals surface area contributed by atoms with Crippen molar-refractivity contribution in [3.63, 3.8) is 0 Å². The molecule has 114 valence electrons. The maximum Gasteiger partial charge on any atom is 0.319 e. The lowest BCUT2D eigenvalue weighted by Crippen LogP contribution is -2.60. The Hall–Kier alpha value is -1.30. The second-order valence-electron chi connectivity index (χ2n) is 5.92. The Kier molecular flexibility index (Phi) is 4.52. The lowest BCUT2D eigenvalue weighted by atomic mass is 9.92. The van der Waals surface area contributed by atoms with Crippen LogP contribution in [0.1, 0.15) is 26.2 Å². The zero-order chi connectivity index (χ0) is 14.8. The normalized spacial score (nSPS) is 26.8. The summed E-state index contributed by atoms with van der Waals surface area (Å²) in [5, 5.41) is 3.39. The third-order valence-electron chi connectivity index (χ3n) is 4.48. The zero-order valence-corrected chi connectivity index (χ0v) is 12.8. The SMILES string of the molecule is CCC1(C(=O)N2CCN(C(=O)N(C)C)CC2)CCCN1. The van der Waals surface area contributed by atoms with E-state index in [0.29, 0.717) is 26.2 Å². The first-order valence-electron chi connectivity index (χ1n) is 7.51. The third-order valence-corrected chi connectivity index (χ3v) is 4.48. The molecule has 0 radical (unpaired) electrons. The number of amides is 3. The molecule has 3 amide bonds. The first-order valence-corrected chi connectivity index (χ1v) is 7.51. The quantitative estimate of drug-likeness (QED) is 0.795. The molecule has 0 aromatic rings. The molecule has 2 rings (SSSR count). The van der Waals surface area contributed by atoms with Crippen LogP contribution >= 0.6 is 0 Å². The molecule has 0 aromatic heterocycles. The maximum atomic E-state index is 12.7. The minimum Gasteiger partial charge on any atom is -0.338 e. The van der Waals surface area contributed by atoms with Gasteiger partial charge >= 0.3 is 6.03 Å². The number of rotatable bonds is 2. The average Bonchev–Trinajstić information content (AvgIpc) is 2.96. The zero-order valence-electron chi connectivity index (χ0n) is 12.8. The van der Waals surface area contributed by atoms with Gasteiger partial charge in [-0.1, -0.05) is 6.92 Å². The molecule has 0 bridgehead atoms. The molecule has 2 saturated heterocycles. The van der Waals surface area contributed by atoms with Crippen LogP contribution in [-0.2, 0) is 4.79 Å². The molecule has 2 aliphatic heterocycles. The van der Waals surface area contributed by atoms with Gasteiger partial charge in [0.1, 0.15) is 0 Å². The van der Waals surface area contributed by atoms with E-state index >= 15 is 0 Å². The molecule has 20 heavy (non-hydrogen) atoms. The van der Waals surface area contributed by atoms with Gasteiger partial charge in [0.25, 0.3) is 0 Å². The van der Waals surface area contributed by atoms with Gasteiger partial charge < -0.3 is 20.0 Å². The van der Waals surface area contributed by atoms with Gasteiger partial charge in [-0.3, -0.25) is 4.79 Å². The fraction of sp³-hybridized carbons (Fsp3) is 0.857. The van der Waals surface area contributed by atoms with Gasteiger partial charge in [-0.2, -0.15) is 0 Å². The summed E-state index contributed by atoms with van der Waals surface area (Å²) in [5.74, 6) is 0.217. The highest BCUT2D eigenvalue weighted by molar-refractivity contribution is 5.87. The molecule has 1 unspecified atom stereocenters.